The van der Waals surface area contributed by atoms with Crippen LogP contribution in [0.2, 0.25) is 0 Å². The molecular weight excluding hydrogens is 134 g/mol. The average Bonchev–Trinajstić information content (AvgIpc) is 2.34. The number of hydrogen-bond acceptors (Lipinski definition) is 1. The van der Waals surface area contributed by atoms with E-state index in [1.165, 1.54) is 11.1 Å². The number of nitrogens with zero attached hydrogens (tertiary/aromatic N) is 1. The monoisotopic (exact) mass is 149 g/mol. The highest BCUT2D eigenvalue weighted by Gasteiger charge is 1.98. The Hall–Kier alpha value is -0.980. The standard InChI is InChI=1S/C10H15N/c1-4-9-5-6-10(7-9)8-11(2)3/h5-8H,4H2,1-3H3. The minimum absolute atomic E-state index is 1.13. The van der Waals surface area contributed by atoms with Crippen LogP contribution in [-0.4, -0.2) is 19.0 Å². The maximum absolute atomic E-state index is 2.22. The van der Waals surface area contributed by atoms with E-state index in [1.54, 1.807) is 0 Å². The summed E-state index contributed by atoms with van der Waals surface area (Å²) >= 11 is 0. The highest BCUT2D eigenvalue weighted by molar-refractivity contribution is 5.45. The molecule has 0 saturated carbocycles. The summed E-state index contributed by atoms with van der Waals surface area (Å²) < 4.78 is 0. The van der Waals surface area contributed by atoms with Gasteiger partial charge in [-0.15, -0.1) is 0 Å². The van der Waals surface area contributed by atoms with E-state index in [1.807, 2.05) is 14.1 Å². The molecule has 0 aromatic rings. The van der Waals surface area contributed by atoms with Gasteiger partial charge < -0.3 is 4.90 Å². The number of hydrogen-bond donors (Lipinski definition) is 0. The Morgan fingerprint density at radius 2 is 2.09 bits per heavy atom. The fourth-order valence-electron chi connectivity index (χ4n) is 1.11. The molecule has 0 aliphatic heterocycles. The third kappa shape index (κ3) is 2.26. The summed E-state index contributed by atoms with van der Waals surface area (Å²) in [5.41, 5.74) is 2.71. The molecule has 1 rings (SSSR count). The van der Waals surface area contributed by atoms with Gasteiger partial charge in [-0.25, -0.2) is 0 Å². The van der Waals surface area contributed by atoms with Crippen LogP contribution < -0.4 is 0 Å². The van der Waals surface area contributed by atoms with Gasteiger partial charge in [0.2, 0.25) is 0 Å². The van der Waals surface area contributed by atoms with E-state index in [2.05, 4.69) is 36.3 Å². The van der Waals surface area contributed by atoms with Crippen molar-refractivity contribution in [2.45, 2.75) is 13.3 Å². The van der Waals surface area contributed by atoms with Gasteiger partial charge in [-0.05, 0) is 17.6 Å². The summed E-state index contributed by atoms with van der Waals surface area (Å²) in [6, 6.07) is 0. The van der Waals surface area contributed by atoms with Crippen molar-refractivity contribution in [2.24, 2.45) is 0 Å². The van der Waals surface area contributed by atoms with Gasteiger partial charge in [0, 0.05) is 20.3 Å². The normalized spacial score (nSPS) is 19.2. The van der Waals surface area contributed by atoms with Crippen molar-refractivity contribution in [1.82, 2.24) is 4.90 Å². The molecule has 1 heteroatoms. The maximum Gasteiger partial charge on any atom is 0.00587 e. The maximum atomic E-state index is 2.22. The van der Waals surface area contributed by atoms with Gasteiger partial charge in [0.15, 0.2) is 0 Å². The molecule has 0 radical (unpaired) electrons. The Morgan fingerprint density at radius 1 is 1.36 bits per heavy atom. The Morgan fingerprint density at radius 3 is 2.55 bits per heavy atom. The molecule has 0 spiro atoms. The second kappa shape index (κ2) is 3.42. The lowest BCUT2D eigenvalue weighted by Crippen LogP contribution is -2.01. The highest BCUT2D eigenvalue weighted by atomic mass is 15.0. The summed E-state index contributed by atoms with van der Waals surface area (Å²) in [6.45, 7) is 2.18. The average molecular weight is 149 g/mol. The predicted molar refractivity (Wildman–Crippen MR) is 49.3 cm³/mol. The van der Waals surface area contributed by atoms with E-state index in [0.717, 1.165) is 6.42 Å². The van der Waals surface area contributed by atoms with E-state index in [0.29, 0.717) is 0 Å². The van der Waals surface area contributed by atoms with Gasteiger partial charge in [0.1, 0.15) is 0 Å². The minimum Gasteiger partial charge on any atom is -0.383 e. The molecule has 1 aliphatic carbocycles. The first-order chi connectivity index (χ1) is 5.22. The van der Waals surface area contributed by atoms with E-state index in [-0.39, 0.29) is 0 Å². The van der Waals surface area contributed by atoms with Crippen LogP contribution in [0.5, 0.6) is 0 Å². The summed E-state index contributed by atoms with van der Waals surface area (Å²) in [5.74, 6) is 0. The quantitative estimate of drug-likeness (QED) is 0.582. The molecule has 0 fully saturated rings. The molecule has 1 nitrogen and oxygen atoms in total. The first-order valence-corrected chi connectivity index (χ1v) is 3.99. The molecular formula is C10H15N. The largest absolute Gasteiger partial charge is 0.383 e. The molecule has 0 atom stereocenters. The lowest BCUT2D eigenvalue weighted by Gasteiger charge is -2.03. The van der Waals surface area contributed by atoms with Crippen molar-refractivity contribution < 1.29 is 0 Å². The third-order valence-electron chi connectivity index (χ3n) is 1.66. The van der Waals surface area contributed by atoms with Gasteiger partial charge in [0.25, 0.3) is 0 Å². The van der Waals surface area contributed by atoms with Gasteiger partial charge in [-0.3, -0.25) is 0 Å². The van der Waals surface area contributed by atoms with Crippen molar-refractivity contribution in [1.29, 1.82) is 0 Å². The highest BCUT2D eigenvalue weighted by Crippen LogP contribution is 2.17. The zero-order chi connectivity index (χ0) is 8.27. The Kier molecular flexibility index (Phi) is 2.53. The molecule has 0 N–H and O–H groups in total. The molecule has 0 unspecified atom stereocenters. The predicted octanol–water partition coefficient (Wildman–Crippen LogP) is 2.34. The molecule has 0 aromatic heterocycles. The molecule has 0 bridgehead atoms. The molecule has 11 heavy (non-hydrogen) atoms. The molecule has 0 heterocycles. The Labute approximate surface area is 68.7 Å². The second-order valence-electron chi connectivity index (χ2n) is 3.00. The van der Waals surface area contributed by atoms with Crippen molar-refractivity contribution in [2.75, 3.05) is 14.1 Å². The van der Waals surface area contributed by atoms with Crippen LogP contribution in [0.3, 0.4) is 0 Å². The van der Waals surface area contributed by atoms with Crippen LogP contribution in [0.4, 0.5) is 0 Å². The van der Waals surface area contributed by atoms with Crippen LogP contribution in [-0.2, 0) is 0 Å². The zero-order valence-electron chi connectivity index (χ0n) is 7.46. The van der Waals surface area contributed by atoms with Crippen molar-refractivity contribution in [3.63, 3.8) is 0 Å². The summed E-state index contributed by atoms with van der Waals surface area (Å²) in [6.07, 6.45) is 9.80. The Bertz CT molecular complexity index is 219. The topological polar surface area (TPSA) is 3.24 Å². The van der Waals surface area contributed by atoms with Crippen LogP contribution in [0, 0.1) is 0 Å². The van der Waals surface area contributed by atoms with Gasteiger partial charge >= 0.3 is 0 Å². The molecule has 0 saturated heterocycles. The van der Waals surface area contributed by atoms with E-state index in [4.69, 9.17) is 0 Å². The zero-order valence-corrected chi connectivity index (χ0v) is 7.46. The fraction of sp³-hybridized carbons (Fsp3) is 0.400. The second-order valence-corrected chi connectivity index (χ2v) is 3.00. The molecule has 0 amide bonds. The summed E-state index contributed by atoms with van der Waals surface area (Å²) in [5, 5.41) is 0. The summed E-state index contributed by atoms with van der Waals surface area (Å²) in [7, 11) is 4.08. The van der Waals surface area contributed by atoms with Crippen molar-refractivity contribution in [3.8, 4) is 0 Å². The first kappa shape index (κ1) is 8.12. The van der Waals surface area contributed by atoms with Crippen molar-refractivity contribution in [3.05, 3.63) is 35.6 Å². The minimum atomic E-state index is 1.13. The molecule has 1 aliphatic rings. The van der Waals surface area contributed by atoms with Crippen LogP contribution in [0.25, 0.3) is 0 Å². The van der Waals surface area contributed by atoms with E-state index >= 15 is 0 Å². The molecule has 0 aromatic carbocycles. The third-order valence-corrected chi connectivity index (χ3v) is 1.66. The van der Waals surface area contributed by atoms with E-state index in [9.17, 15) is 0 Å². The lowest BCUT2D eigenvalue weighted by molar-refractivity contribution is 0.561. The van der Waals surface area contributed by atoms with Crippen LogP contribution in [0.15, 0.2) is 35.6 Å². The fourth-order valence-corrected chi connectivity index (χ4v) is 1.11. The van der Waals surface area contributed by atoms with Gasteiger partial charge in [-0.1, -0.05) is 25.2 Å². The Balaban J connectivity index is 2.68. The van der Waals surface area contributed by atoms with Crippen LogP contribution >= 0.6 is 0 Å². The van der Waals surface area contributed by atoms with Crippen molar-refractivity contribution >= 4 is 0 Å². The SMILES string of the molecule is CCC1=CC(=CN(C)C)C=C1. The lowest BCUT2D eigenvalue weighted by atomic mass is 10.2. The molecule has 60 valence electrons. The summed E-state index contributed by atoms with van der Waals surface area (Å²) in [4.78, 5) is 2.06. The van der Waals surface area contributed by atoms with Gasteiger partial charge in [-0.2, -0.15) is 0 Å². The number of rotatable bonds is 2. The van der Waals surface area contributed by atoms with E-state index < -0.39 is 0 Å². The van der Waals surface area contributed by atoms with Gasteiger partial charge in [0.05, 0.1) is 0 Å². The first-order valence-electron chi connectivity index (χ1n) is 3.99. The smallest absolute Gasteiger partial charge is 0.00587 e. The van der Waals surface area contributed by atoms with Crippen LogP contribution in [0.1, 0.15) is 13.3 Å². The number of allylic oxidation sites excluding steroid dienone is 5.